The zero-order valence-corrected chi connectivity index (χ0v) is 16.9. The summed E-state index contributed by atoms with van der Waals surface area (Å²) in [6.45, 7) is 0.312. The van der Waals surface area contributed by atoms with Gasteiger partial charge in [-0.05, 0) is 91.7 Å². The first-order valence-corrected chi connectivity index (χ1v) is 10.2. The number of halogens is 1. The molecule has 2 fully saturated rings. The van der Waals surface area contributed by atoms with Crippen molar-refractivity contribution in [1.29, 1.82) is 0 Å². The SMILES string of the molecule is CN1C2CCC1CC(NC(=O)c1ccc(COc3ccc(I)cc3)o1)C2. The molecule has 1 N–H and O–H groups in total. The maximum atomic E-state index is 12.5. The number of nitrogens with zero attached hydrogens (tertiary/aromatic N) is 1. The lowest BCUT2D eigenvalue weighted by Crippen LogP contribution is -2.48. The van der Waals surface area contributed by atoms with Gasteiger partial charge in [-0.25, -0.2) is 0 Å². The van der Waals surface area contributed by atoms with Crippen molar-refractivity contribution in [2.24, 2.45) is 0 Å². The highest BCUT2D eigenvalue weighted by Crippen LogP contribution is 2.34. The van der Waals surface area contributed by atoms with Crippen LogP contribution in [0.25, 0.3) is 0 Å². The summed E-state index contributed by atoms with van der Waals surface area (Å²) in [6, 6.07) is 12.8. The predicted molar refractivity (Wildman–Crippen MR) is 107 cm³/mol. The van der Waals surface area contributed by atoms with Gasteiger partial charge in [-0.2, -0.15) is 0 Å². The molecule has 138 valence electrons. The summed E-state index contributed by atoms with van der Waals surface area (Å²) in [6.07, 6.45) is 4.55. The summed E-state index contributed by atoms with van der Waals surface area (Å²) >= 11 is 2.26. The molecule has 2 aliphatic heterocycles. The van der Waals surface area contributed by atoms with Crippen LogP contribution in [0.15, 0.2) is 40.8 Å². The second-order valence-corrected chi connectivity index (χ2v) is 8.45. The molecule has 2 aliphatic rings. The normalized spacial score (nSPS) is 25.2. The van der Waals surface area contributed by atoms with E-state index in [9.17, 15) is 4.79 Å². The second-order valence-electron chi connectivity index (χ2n) is 7.20. The number of piperidine rings is 1. The largest absolute Gasteiger partial charge is 0.486 e. The average molecular weight is 466 g/mol. The Morgan fingerprint density at radius 2 is 1.88 bits per heavy atom. The molecule has 1 aromatic heterocycles. The van der Waals surface area contributed by atoms with Crippen LogP contribution in [0.2, 0.25) is 0 Å². The molecule has 2 unspecified atom stereocenters. The molecule has 3 heterocycles. The van der Waals surface area contributed by atoms with E-state index < -0.39 is 0 Å². The first-order chi connectivity index (χ1) is 12.6. The Morgan fingerprint density at radius 1 is 1.19 bits per heavy atom. The van der Waals surface area contributed by atoms with Crippen LogP contribution in [0, 0.1) is 3.57 Å². The number of hydrogen-bond donors (Lipinski definition) is 1. The van der Waals surface area contributed by atoms with Gasteiger partial charge >= 0.3 is 0 Å². The lowest BCUT2D eigenvalue weighted by Gasteiger charge is -2.36. The van der Waals surface area contributed by atoms with Crippen molar-refractivity contribution in [2.45, 2.75) is 50.4 Å². The van der Waals surface area contributed by atoms with E-state index in [1.165, 1.54) is 12.8 Å². The van der Waals surface area contributed by atoms with Crippen molar-refractivity contribution < 1.29 is 13.9 Å². The Hall–Kier alpha value is -1.54. The number of hydrogen-bond acceptors (Lipinski definition) is 4. The highest BCUT2D eigenvalue weighted by molar-refractivity contribution is 14.1. The summed E-state index contributed by atoms with van der Waals surface area (Å²) in [7, 11) is 2.20. The molecule has 0 radical (unpaired) electrons. The fraction of sp³-hybridized carbons (Fsp3) is 0.450. The minimum absolute atomic E-state index is 0.125. The zero-order valence-electron chi connectivity index (χ0n) is 14.8. The molecule has 2 atom stereocenters. The first-order valence-electron chi connectivity index (χ1n) is 9.08. The lowest BCUT2D eigenvalue weighted by atomic mass is 9.98. The van der Waals surface area contributed by atoms with Gasteiger partial charge in [-0.15, -0.1) is 0 Å². The third-order valence-corrected chi connectivity index (χ3v) is 6.23. The highest BCUT2D eigenvalue weighted by Gasteiger charge is 2.39. The maximum Gasteiger partial charge on any atom is 0.287 e. The molecule has 5 nitrogen and oxygen atoms in total. The van der Waals surface area contributed by atoms with Crippen molar-refractivity contribution in [1.82, 2.24) is 10.2 Å². The number of ether oxygens (including phenoxy) is 1. The first kappa shape index (κ1) is 17.9. The van der Waals surface area contributed by atoms with E-state index in [0.717, 1.165) is 22.2 Å². The number of nitrogens with one attached hydrogen (secondary N) is 1. The van der Waals surface area contributed by atoms with Crippen LogP contribution in [0.1, 0.15) is 42.0 Å². The van der Waals surface area contributed by atoms with Crippen molar-refractivity contribution >= 4 is 28.5 Å². The number of benzene rings is 1. The van der Waals surface area contributed by atoms with Crippen LogP contribution in [-0.4, -0.2) is 36.0 Å². The van der Waals surface area contributed by atoms with Crippen LogP contribution in [0.4, 0.5) is 0 Å². The Morgan fingerprint density at radius 3 is 2.58 bits per heavy atom. The molecule has 6 heteroatoms. The number of carbonyl (C=O) groups is 1. The minimum Gasteiger partial charge on any atom is -0.486 e. The molecule has 0 spiro atoms. The Labute approximate surface area is 167 Å². The third kappa shape index (κ3) is 3.91. The summed E-state index contributed by atoms with van der Waals surface area (Å²) in [5.74, 6) is 1.67. The number of amides is 1. The number of fused-ring (bicyclic) bond motifs is 2. The van der Waals surface area contributed by atoms with Gasteiger partial charge in [0.15, 0.2) is 5.76 Å². The lowest BCUT2D eigenvalue weighted by molar-refractivity contribution is 0.0851. The molecule has 0 aliphatic carbocycles. The van der Waals surface area contributed by atoms with Crippen molar-refractivity contribution in [3.63, 3.8) is 0 Å². The van der Waals surface area contributed by atoms with Gasteiger partial charge in [0.05, 0.1) is 0 Å². The predicted octanol–water partition coefficient (Wildman–Crippen LogP) is 3.82. The quantitative estimate of drug-likeness (QED) is 0.682. The molecule has 1 aromatic carbocycles. The Balaban J connectivity index is 1.31. The summed E-state index contributed by atoms with van der Waals surface area (Å²) in [5.41, 5.74) is 0. The summed E-state index contributed by atoms with van der Waals surface area (Å²) in [4.78, 5) is 15.0. The fourth-order valence-electron chi connectivity index (χ4n) is 4.05. The standard InChI is InChI=1S/C20H23IN2O3/c1-23-15-4-5-16(23)11-14(10-15)22-20(24)19-9-8-18(26-19)12-25-17-6-2-13(21)3-7-17/h2-3,6-9,14-16H,4-5,10-12H2,1H3,(H,22,24). The fourth-order valence-corrected chi connectivity index (χ4v) is 4.41. The molecular weight excluding hydrogens is 443 g/mol. The van der Waals surface area contributed by atoms with Gasteiger partial charge in [0, 0.05) is 21.7 Å². The average Bonchev–Trinajstić information content (AvgIpc) is 3.17. The van der Waals surface area contributed by atoms with Gasteiger partial charge in [0.1, 0.15) is 18.1 Å². The van der Waals surface area contributed by atoms with Crippen LogP contribution in [0.5, 0.6) is 5.75 Å². The van der Waals surface area contributed by atoms with Crippen LogP contribution < -0.4 is 10.1 Å². The van der Waals surface area contributed by atoms with Gasteiger partial charge in [-0.3, -0.25) is 4.79 Å². The highest BCUT2D eigenvalue weighted by atomic mass is 127. The molecule has 0 saturated carbocycles. The number of furan rings is 1. The van der Waals surface area contributed by atoms with E-state index in [-0.39, 0.29) is 11.9 Å². The van der Waals surface area contributed by atoms with E-state index in [1.807, 2.05) is 24.3 Å². The van der Waals surface area contributed by atoms with Crippen molar-refractivity contribution in [3.05, 3.63) is 51.5 Å². The topological polar surface area (TPSA) is 54.7 Å². The van der Waals surface area contributed by atoms with Crippen LogP contribution in [0.3, 0.4) is 0 Å². The van der Waals surface area contributed by atoms with E-state index >= 15 is 0 Å². The van der Waals surface area contributed by atoms with Crippen LogP contribution in [-0.2, 0) is 6.61 Å². The van der Waals surface area contributed by atoms with E-state index in [4.69, 9.17) is 9.15 Å². The van der Waals surface area contributed by atoms with E-state index in [2.05, 4.69) is 39.9 Å². The second kappa shape index (κ2) is 7.60. The third-order valence-electron chi connectivity index (χ3n) is 5.51. The Bertz CT molecular complexity index is 760. The number of carbonyl (C=O) groups excluding carboxylic acids is 1. The molecule has 26 heavy (non-hydrogen) atoms. The molecular formula is C20H23IN2O3. The zero-order chi connectivity index (χ0) is 18.1. The minimum atomic E-state index is -0.125. The van der Waals surface area contributed by atoms with Crippen molar-refractivity contribution in [3.8, 4) is 5.75 Å². The molecule has 2 bridgehead atoms. The molecule has 4 rings (SSSR count). The summed E-state index contributed by atoms with van der Waals surface area (Å²) in [5, 5.41) is 3.15. The smallest absolute Gasteiger partial charge is 0.287 e. The van der Waals surface area contributed by atoms with Gasteiger partial charge in [0.25, 0.3) is 5.91 Å². The Kier molecular flexibility index (Phi) is 5.22. The summed E-state index contributed by atoms with van der Waals surface area (Å²) < 4.78 is 12.5. The monoisotopic (exact) mass is 466 g/mol. The number of rotatable bonds is 5. The maximum absolute atomic E-state index is 12.5. The van der Waals surface area contributed by atoms with Gasteiger partial charge < -0.3 is 19.4 Å². The van der Waals surface area contributed by atoms with E-state index in [1.54, 1.807) is 12.1 Å². The molecule has 1 amide bonds. The molecule has 2 saturated heterocycles. The van der Waals surface area contributed by atoms with Crippen LogP contribution >= 0.6 is 22.6 Å². The van der Waals surface area contributed by atoms with E-state index in [0.29, 0.717) is 30.2 Å². The van der Waals surface area contributed by atoms with Gasteiger partial charge in [0.2, 0.25) is 0 Å². The van der Waals surface area contributed by atoms with Crippen molar-refractivity contribution in [2.75, 3.05) is 7.05 Å². The van der Waals surface area contributed by atoms with Gasteiger partial charge in [-0.1, -0.05) is 0 Å². The molecule has 2 aromatic rings.